The maximum Gasteiger partial charge on any atom is 0.246 e. The van der Waals surface area contributed by atoms with Gasteiger partial charge in [0.05, 0.1) is 24.0 Å². The quantitative estimate of drug-likeness (QED) is 0.819. The highest BCUT2D eigenvalue weighted by atomic mass is 16.2. The summed E-state index contributed by atoms with van der Waals surface area (Å²) in [6.07, 6.45) is 4.43. The lowest BCUT2D eigenvalue weighted by Gasteiger charge is -2.48. The van der Waals surface area contributed by atoms with Gasteiger partial charge in [-0.05, 0) is 12.0 Å². The highest BCUT2D eigenvalue weighted by Crippen LogP contribution is 2.35. The molecule has 0 aliphatic carbocycles. The molecule has 1 aromatic heterocycles. The van der Waals surface area contributed by atoms with E-state index in [2.05, 4.69) is 22.1 Å². The number of hydrogen-bond donors (Lipinski definition) is 0. The lowest BCUT2D eigenvalue weighted by molar-refractivity contribution is -0.142. The molecular formula is C20H25N5O2. The molecule has 1 atom stereocenters. The molecule has 7 heteroatoms. The largest absolute Gasteiger partial charge is 0.325 e. The van der Waals surface area contributed by atoms with Crippen molar-refractivity contribution in [3.8, 4) is 0 Å². The molecule has 0 unspecified atom stereocenters. The molecule has 2 aromatic rings. The molecule has 0 saturated carbocycles. The van der Waals surface area contributed by atoms with Crippen LogP contribution in [0.15, 0.2) is 42.7 Å². The van der Waals surface area contributed by atoms with Crippen molar-refractivity contribution in [1.29, 1.82) is 0 Å². The topological polar surface area (TPSA) is 61.7 Å². The van der Waals surface area contributed by atoms with Crippen molar-refractivity contribution in [2.75, 3.05) is 31.1 Å². The van der Waals surface area contributed by atoms with Gasteiger partial charge in [-0.1, -0.05) is 30.3 Å². The summed E-state index contributed by atoms with van der Waals surface area (Å²) >= 11 is 0. The van der Waals surface area contributed by atoms with Crippen molar-refractivity contribution >= 4 is 17.5 Å². The first-order chi connectivity index (χ1) is 13.0. The minimum absolute atomic E-state index is 0.0317. The molecule has 2 saturated heterocycles. The maximum absolute atomic E-state index is 12.7. The summed E-state index contributed by atoms with van der Waals surface area (Å²) in [5, 5.41) is 4.20. The molecule has 0 N–H and O–H groups in total. The zero-order valence-corrected chi connectivity index (χ0v) is 15.8. The Balaban J connectivity index is 1.58. The van der Waals surface area contributed by atoms with E-state index >= 15 is 0 Å². The second kappa shape index (κ2) is 6.81. The van der Waals surface area contributed by atoms with E-state index in [1.165, 1.54) is 5.56 Å². The highest BCUT2D eigenvalue weighted by Gasteiger charge is 2.50. The molecule has 7 nitrogen and oxygen atoms in total. The molecule has 1 aromatic carbocycles. The molecule has 2 amide bonds. The average Bonchev–Trinajstić information content (AvgIpc) is 3.24. The zero-order chi connectivity index (χ0) is 19.0. The predicted octanol–water partition coefficient (Wildman–Crippen LogP) is 1.26. The van der Waals surface area contributed by atoms with E-state index in [9.17, 15) is 9.59 Å². The Morgan fingerprint density at radius 3 is 2.67 bits per heavy atom. The molecular weight excluding hydrogens is 342 g/mol. The van der Waals surface area contributed by atoms with Crippen LogP contribution < -0.4 is 4.90 Å². The van der Waals surface area contributed by atoms with Gasteiger partial charge in [-0.25, -0.2) is 0 Å². The second-order valence-corrected chi connectivity index (χ2v) is 7.63. The van der Waals surface area contributed by atoms with Crippen LogP contribution in [0.4, 0.5) is 5.69 Å². The van der Waals surface area contributed by atoms with Crippen LogP contribution in [-0.2, 0) is 23.2 Å². The van der Waals surface area contributed by atoms with E-state index in [0.29, 0.717) is 6.54 Å². The normalized spacial score (nSPS) is 23.4. The monoisotopic (exact) mass is 367 g/mol. The van der Waals surface area contributed by atoms with Gasteiger partial charge in [0.2, 0.25) is 11.8 Å². The lowest BCUT2D eigenvalue weighted by Crippen LogP contribution is -2.66. The van der Waals surface area contributed by atoms with Crippen molar-refractivity contribution in [2.24, 2.45) is 7.05 Å². The first-order valence-corrected chi connectivity index (χ1v) is 9.30. The van der Waals surface area contributed by atoms with Crippen molar-refractivity contribution in [2.45, 2.75) is 25.4 Å². The van der Waals surface area contributed by atoms with Gasteiger partial charge >= 0.3 is 0 Å². The van der Waals surface area contributed by atoms with Crippen LogP contribution in [0.1, 0.15) is 18.9 Å². The third kappa shape index (κ3) is 3.35. The van der Waals surface area contributed by atoms with E-state index in [0.717, 1.165) is 31.7 Å². The number of aryl methyl sites for hydroxylation is 1. The number of hydrogen-bond acceptors (Lipinski definition) is 4. The third-order valence-corrected chi connectivity index (χ3v) is 5.66. The van der Waals surface area contributed by atoms with Crippen LogP contribution in [0.3, 0.4) is 0 Å². The lowest BCUT2D eigenvalue weighted by atomic mass is 9.92. The van der Waals surface area contributed by atoms with Crippen LogP contribution in [0.5, 0.6) is 0 Å². The Morgan fingerprint density at radius 1 is 1.22 bits per heavy atom. The van der Waals surface area contributed by atoms with Crippen LogP contribution in [0.25, 0.3) is 0 Å². The van der Waals surface area contributed by atoms with Crippen LogP contribution >= 0.6 is 0 Å². The molecule has 2 fully saturated rings. The summed E-state index contributed by atoms with van der Waals surface area (Å²) in [6, 6.07) is 10.4. The number of amides is 2. The first kappa shape index (κ1) is 17.7. The minimum Gasteiger partial charge on any atom is -0.325 e. The zero-order valence-electron chi connectivity index (χ0n) is 15.8. The van der Waals surface area contributed by atoms with E-state index in [-0.39, 0.29) is 23.9 Å². The SMILES string of the molecule is CC(=O)N1CC(=O)N(c2cnn(C)c2)C[C@]12CCN(Cc1ccccc1)C2. The van der Waals surface area contributed by atoms with E-state index in [1.807, 2.05) is 31.4 Å². The summed E-state index contributed by atoms with van der Waals surface area (Å²) in [6.45, 7) is 4.74. The van der Waals surface area contributed by atoms with Gasteiger partial charge in [0.25, 0.3) is 0 Å². The molecule has 27 heavy (non-hydrogen) atoms. The third-order valence-electron chi connectivity index (χ3n) is 5.66. The van der Waals surface area contributed by atoms with Gasteiger partial charge in [-0.15, -0.1) is 0 Å². The van der Waals surface area contributed by atoms with Gasteiger partial charge in [0.15, 0.2) is 0 Å². The molecule has 4 rings (SSSR count). The van der Waals surface area contributed by atoms with Gasteiger partial charge in [-0.3, -0.25) is 19.2 Å². The van der Waals surface area contributed by atoms with Crippen molar-refractivity contribution in [3.63, 3.8) is 0 Å². The summed E-state index contributed by atoms with van der Waals surface area (Å²) in [4.78, 5) is 31.0. The van der Waals surface area contributed by atoms with Crippen molar-refractivity contribution in [3.05, 3.63) is 48.3 Å². The average molecular weight is 367 g/mol. The Kier molecular flexibility index (Phi) is 4.47. The van der Waals surface area contributed by atoms with Crippen LogP contribution in [0.2, 0.25) is 0 Å². The van der Waals surface area contributed by atoms with Gasteiger partial charge < -0.3 is 9.80 Å². The fourth-order valence-electron chi connectivity index (χ4n) is 4.35. The Bertz CT molecular complexity index is 849. The molecule has 0 radical (unpaired) electrons. The summed E-state index contributed by atoms with van der Waals surface area (Å²) in [7, 11) is 1.84. The first-order valence-electron chi connectivity index (χ1n) is 9.30. The number of carbonyl (C=O) groups excluding carboxylic acids is 2. The molecule has 2 aliphatic heterocycles. The van der Waals surface area contributed by atoms with E-state index in [4.69, 9.17) is 0 Å². The number of aromatic nitrogens is 2. The number of piperazine rings is 1. The summed E-state index contributed by atoms with van der Waals surface area (Å²) < 4.78 is 1.70. The number of likely N-dealkylation sites (tertiary alicyclic amines) is 1. The van der Waals surface area contributed by atoms with Crippen molar-refractivity contribution in [1.82, 2.24) is 19.6 Å². The second-order valence-electron chi connectivity index (χ2n) is 7.63. The molecule has 142 valence electrons. The predicted molar refractivity (Wildman–Crippen MR) is 102 cm³/mol. The standard InChI is InChI=1S/C20H25N5O2/c1-16(26)25-13-19(27)24(18-10-21-22(2)12-18)15-20(25)8-9-23(14-20)11-17-6-4-3-5-7-17/h3-7,10,12H,8-9,11,13-15H2,1-2H3/t20-/m1/s1. The molecule has 2 aliphatic rings. The van der Waals surface area contributed by atoms with Crippen LogP contribution in [-0.4, -0.2) is 63.1 Å². The Labute approximate surface area is 159 Å². The number of benzene rings is 1. The summed E-state index contributed by atoms with van der Waals surface area (Å²) in [5.74, 6) is -0.0823. The highest BCUT2D eigenvalue weighted by molar-refractivity contribution is 5.98. The smallest absolute Gasteiger partial charge is 0.246 e. The van der Waals surface area contributed by atoms with Crippen LogP contribution in [0, 0.1) is 0 Å². The van der Waals surface area contributed by atoms with E-state index < -0.39 is 0 Å². The maximum atomic E-state index is 12.7. The summed E-state index contributed by atoms with van der Waals surface area (Å²) in [5.41, 5.74) is 1.72. The molecule has 3 heterocycles. The van der Waals surface area contributed by atoms with Gasteiger partial charge in [0.1, 0.15) is 6.54 Å². The fourth-order valence-corrected chi connectivity index (χ4v) is 4.35. The number of nitrogens with zero attached hydrogens (tertiary/aromatic N) is 5. The molecule has 0 bridgehead atoms. The number of anilines is 1. The molecule has 1 spiro atoms. The number of rotatable bonds is 3. The Hall–Kier alpha value is -2.67. The van der Waals surface area contributed by atoms with Gasteiger partial charge in [0, 0.05) is 39.8 Å². The fraction of sp³-hybridized carbons (Fsp3) is 0.450. The van der Waals surface area contributed by atoms with Gasteiger partial charge in [-0.2, -0.15) is 5.10 Å². The number of carbonyl (C=O) groups is 2. The van der Waals surface area contributed by atoms with E-state index in [1.54, 1.807) is 27.6 Å². The van der Waals surface area contributed by atoms with Crippen molar-refractivity contribution < 1.29 is 9.59 Å². The minimum atomic E-state index is -0.343. The Morgan fingerprint density at radius 2 is 2.00 bits per heavy atom.